The van der Waals surface area contributed by atoms with E-state index in [9.17, 15) is 4.79 Å². The molecule has 5 heteroatoms. The predicted molar refractivity (Wildman–Crippen MR) is 91.6 cm³/mol. The minimum Gasteiger partial charge on any atom is -0.320 e. The van der Waals surface area contributed by atoms with Crippen LogP contribution in [0, 0.1) is 0 Å². The Morgan fingerprint density at radius 2 is 1.85 bits per heavy atom. The van der Waals surface area contributed by atoms with E-state index >= 15 is 0 Å². The van der Waals surface area contributed by atoms with Gasteiger partial charge < -0.3 is 5.32 Å². The van der Waals surface area contributed by atoms with Crippen LogP contribution < -0.4 is 5.32 Å². The molecule has 2 aromatic carbocycles. The molecule has 20 heavy (non-hydrogen) atoms. The lowest BCUT2D eigenvalue weighted by atomic mass is 10.2. The van der Waals surface area contributed by atoms with Gasteiger partial charge in [0.2, 0.25) is 0 Å². The van der Waals surface area contributed by atoms with Crippen molar-refractivity contribution >= 4 is 64.9 Å². The number of rotatable bonds is 2. The first-order valence-corrected chi connectivity index (χ1v) is 8.29. The molecule has 0 unspecified atom stereocenters. The fraction of sp³-hybridized carbons (Fsp3) is 0. The summed E-state index contributed by atoms with van der Waals surface area (Å²) in [5.41, 5.74) is 0.752. The zero-order chi connectivity index (χ0) is 14.1. The largest absolute Gasteiger partial charge is 0.320 e. The van der Waals surface area contributed by atoms with Crippen LogP contribution in [0.15, 0.2) is 57.5 Å². The Labute approximate surface area is 137 Å². The van der Waals surface area contributed by atoms with Crippen molar-refractivity contribution in [2.45, 2.75) is 0 Å². The number of amides is 1. The lowest BCUT2D eigenvalue weighted by Gasteiger charge is -2.06. The second-order valence-electron chi connectivity index (χ2n) is 4.23. The summed E-state index contributed by atoms with van der Waals surface area (Å²) in [5.74, 6) is -0.0926. The van der Waals surface area contributed by atoms with Crippen LogP contribution in [0.25, 0.3) is 10.1 Å². The van der Waals surface area contributed by atoms with E-state index in [4.69, 9.17) is 0 Å². The van der Waals surface area contributed by atoms with Gasteiger partial charge in [-0.15, -0.1) is 11.3 Å². The Kier molecular flexibility index (Phi) is 3.92. The van der Waals surface area contributed by atoms with Crippen LogP contribution >= 0.6 is 43.2 Å². The SMILES string of the molecule is O=C(Nc1cc(Br)ccc1Br)c1cc2ccccc2s1. The van der Waals surface area contributed by atoms with Crippen molar-refractivity contribution in [2.75, 3.05) is 5.32 Å². The van der Waals surface area contributed by atoms with Gasteiger partial charge in [0.1, 0.15) is 0 Å². The summed E-state index contributed by atoms with van der Waals surface area (Å²) in [5, 5.41) is 4.02. The zero-order valence-corrected chi connectivity index (χ0v) is 14.2. The maximum Gasteiger partial charge on any atom is 0.265 e. The zero-order valence-electron chi connectivity index (χ0n) is 10.2. The fourth-order valence-electron chi connectivity index (χ4n) is 1.87. The van der Waals surface area contributed by atoms with Gasteiger partial charge in [-0.2, -0.15) is 0 Å². The van der Waals surface area contributed by atoms with Crippen LogP contribution in [0.1, 0.15) is 9.67 Å². The number of carbonyl (C=O) groups excluding carboxylic acids is 1. The fourth-order valence-corrected chi connectivity index (χ4v) is 3.54. The minimum atomic E-state index is -0.0926. The normalized spacial score (nSPS) is 10.7. The van der Waals surface area contributed by atoms with E-state index in [2.05, 4.69) is 37.2 Å². The van der Waals surface area contributed by atoms with Crippen molar-refractivity contribution in [3.05, 3.63) is 62.4 Å². The van der Waals surface area contributed by atoms with Gasteiger partial charge in [0.15, 0.2) is 0 Å². The molecule has 1 N–H and O–H groups in total. The molecule has 0 aliphatic heterocycles. The molecule has 0 saturated heterocycles. The molecule has 0 aliphatic rings. The van der Waals surface area contributed by atoms with Crippen molar-refractivity contribution in [1.29, 1.82) is 0 Å². The molecule has 0 fully saturated rings. The van der Waals surface area contributed by atoms with Crippen LogP contribution in [-0.2, 0) is 0 Å². The molecule has 3 rings (SSSR count). The van der Waals surface area contributed by atoms with E-state index in [1.54, 1.807) is 0 Å². The number of hydrogen-bond donors (Lipinski definition) is 1. The molecule has 1 heterocycles. The van der Waals surface area contributed by atoms with Crippen LogP contribution in [0.3, 0.4) is 0 Å². The Balaban J connectivity index is 1.90. The third-order valence-corrected chi connectivity index (χ3v) is 5.13. The van der Waals surface area contributed by atoms with Crippen molar-refractivity contribution in [2.24, 2.45) is 0 Å². The lowest BCUT2D eigenvalue weighted by Crippen LogP contribution is -2.10. The molecule has 3 aromatic rings. The molecule has 1 aromatic heterocycles. The van der Waals surface area contributed by atoms with Gasteiger partial charge in [-0.1, -0.05) is 34.1 Å². The third-order valence-electron chi connectivity index (χ3n) is 2.83. The maximum absolute atomic E-state index is 12.3. The van der Waals surface area contributed by atoms with Crippen molar-refractivity contribution in [3.8, 4) is 0 Å². The Morgan fingerprint density at radius 1 is 1.05 bits per heavy atom. The van der Waals surface area contributed by atoms with Crippen molar-refractivity contribution in [3.63, 3.8) is 0 Å². The third kappa shape index (κ3) is 2.80. The van der Waals surface area contributed by atoms with Crippen molar-refractivity contribution < 1.29 is 4.79 Å². The van der Waals surface area contributed by atoms with E-state index in [1.807, 2.05) is 48.5 Å². The molecular formula is C15H9Br2NOS. The van der Waals surface area contributed by atoms with E-state index in [0.29, 0.717) is 4.88 Å². The van der Waals surface area contributed by atoms with Gasteiger partial charge in [-0.25, -0.2) is 0 Å². The van der Waals surface area contributed by atoms with Crippen LogP contribution in [0.2, 0.25) is 0 Å². The average Bonchev–Trinajstić information content (AvgIpc) is 2.87. The summed E-state index contributed by atoms with van der Waals surface area (Å²) in [4.78, 5) is 13.0. The van der Waals surface area contributed by atoms with Gasteiger partial charge in [-0.05, 0) is 51.6 Å². The Hall–Kier alpha value is -1.17. The first-order chi connectivity index (χ1) is 9.63. The standard InChI is InChI=1S/C15H9Br2NOS/c16-10-5-6-11(17)12(8-10)18-15(19)14-7-9-3-1-2-4-13(9)20-14/h1-8H,(H,18,19). The number of halogens is 2. The summed E-state index contributed by atoms with van der Waals surface area (Å²) in [6.45, 7) is 0. The highest BCUT2D eigenvalue weighted by molar-refractivity contribution is 9.11. The summed E-state index contributed by atoms with van der Waals surface area (Å²) in [7, 11) is 0. The summed E-state index contributed by atoms with van der Waals surface area (Å²) in [6, 6.07) is 15.6. The molecule has 0 bridgehead atoms. The molecule has 0 spiro atoms. The highest BCUT2D eigenvalue weighted by atomic mass is 79.9. The number of thiophene rings is 1. The van der Waals surface area contributed by atoms with Crippen LogP contribution in [-0.4, -0.2) is 5.91 Å². The monoisotopic (exact) mass is 409 g/mol. The molecule has 0 aliphatic carbocycles. The number of carbonyl (C=O) groups is 1. The molecule has 0 saturated carbocycles. The summed E-state index contributed by atoms with van der Waals surface area (Å²) in [6.07, 6.45) is 0. The average molecular weight is 411 g/mol. The van der Waals surface area contributed by atoms with E-state index in [0.717, 1.165) is 24.7 Å². The Bertz CT molecular complexity index is 764. The maximum atomic E-state index is 12.3. The first kappa shape index (κ1) is 13.8. The summed E-state index contributed by atoms with van der Waals surface area (Å²) >= 11 is 8.33. The van der Waals surface area contributed by atoms with E-state index in [1.165, 1.54) is 11.3 Å². The quantitative estimate of drug-likeness (QED) is 0.578. The van der Waals surface area contributed by atoms with Gasteiger partial charge in [0, 0.05) is 13.6 Å². The molecule has 2 nitrogen and oxygen atoms in total. The molecular weight excluding hydrogens is 402 g/mol. The Morgan fingerprint density at radius 3 is 2.65 bits per heavy atom. The predicted octanol–water partition coefficient (Wildman–Crippen LogP) is 5.68. The van der Waals surface area contributed by atoms with Gasteiger partial charge >= 0.3 is 0 Å². The lowest BCUT2D eigenvalue weighted by molar-refractivity contribution is 0.103. The summed E-state index contributed by atoms with van der Waals surface area (Å²) < 4.78 is 2.90. The first-order valence-electron chi connectivity index (χ1n) is 5.88. The highest BCUT2D eigenvalue weighted by Crippen LogP contribution is 2.29. The van der Waals surface area contributed by atoms with E-state index < -0.39 is 0 Å². The second-order valence-corrected chi connectivity index (χ2v) is 7.08. The number of fused-ring (bicyclic) bond motifs is 1. The highest BCUT2D eigenvalue weighted by Gasteiger charge is 2.12. The second kappa shape index (κ2) is 5.68. The number of benzene rings is 2. The number of anilines is 1. The van der Waals surface area contributed by atoms with E-state index in [-0.39, 0.29) is 5.91 Å². The number of hydrogen-bond acceptors (Lipinski definition) is 2. The molecule has 0 radical (unpaired) electrons. The smallest absolute Gasteiger partial charge is 0.265 e. The molecule has 1 amide bonds. The molecule has 100 valence electrons. The van der Waals surface area contributed by atoms with Crippen LogP contribution in [0.4, 0.5) is 5.69 Å². The number of nitrogens with one attached hydrogen (secondary N) is 1. The van der Waals surface area contributed by atoms with Crippen molar-refractivity contribution in [1.82, 2.24) is 0 Å². The molecule has 0 atom stereocenters. The van der Waals surface area contributed by atoms with Gasteiger partial charge in [-0.3, -0.25) is 4.79 Å². The van der Waals surface area contributed by atoms with Gasteiger partial charge in [0.25, 0.3) is 5.91 Å². The topological polar surface area (TPSA) is 29.1 Å². The van der Waals surface area contributed by atoms with Crippen LogP contribution in [0.5, 0.6) is 0 Å². The minimum absolute atomic E-state index is 0.0926. The van der Waals surface area contributed by atoms with Gasteiger partial charge in [0.05, 0.1) is 10.6 Å².